The minimum atomic E-state index is -1.14. The van der Waals surface area contributed by atoms with Gasteiger partial charge in [0.2, 0.25) is 0 Å². The highest BCUT2D eigenvalue weighted by Crippen LogP contribution is 2.58. The van der Waals surface area contributed by atoms with Crippen LogP contribution >= 0.6 is 11.8 Å². The lowest BCUT2D eigenvalue weighted by Gasteiger charge is -2.40. The summed E-state index contributed by atoms with van der Waals surface area (Å²) in [5.41, 5.74) is 0. The van der Waals surface area contributed by atoms with Gasteiger partial charge in [0, 0.05) is 10.5 Å². The Bertz CT molecular complexity index is 387. The van der Waals surface area contributed by atoms with Crippen molar-refractivity contribution in [1.29, 1.82) is 0 Å². The molecule has 21 heavy (non-hydrogen) atoms. The van der Waals surface area contributed by atoms with Gasteiger partial charge in [-0.15, -0.1) is 11.8 Å². The molecule has 1 nitrogen and oxygen atoms in total. The van der Waals surface area contributed by atoms with E-state index in [2.05, 4.69) is 0 Å². The Morgan fingerprint density at radius 2 is 1.29 bits per heavy atom. The minimum absolute atomic E-state index is 0.00269. The Labute approximate surface area is 130 Å². The van der Waals surface area contributed by atoms with Crippen molar-refractivity contribution >= 4 is 11.8 Å². The van der Waals surface area contributed by atoms with E-state index in [0.29, 0.717) is 24.2 Å². The highest BCUT2D eigenvalue weighted by molar-refractivity contribution is 8.00. The van der Waals surface area contributed by atoms with Crippen molar-refractivity contribution in [1.82, 2.24) is 0 Å². The first kappa shape index (κ1) is 14.7. The summed E-state index contributed by atoms with van der Waals surface area (Å²) in [6.07, 6.45) is 5.77. The first-order chi connectivity index (χ1) is 10.2. The molecule has 1 saturated heterocycles. The van der Waals surface area contributed by atoms with Gasteiger partial charge in [0.25, 0.3) is 0 Å². The predicted molar refractivity (Wildman–Crippen MR) is 81.9 cm³/mol. The normalized spacial score (nSPS) is 54.4. The van der Waals surface area contributed by atoms with Crippen molar-refractivity contribution in [2.24, 2.45) is 23.7 Å². The molecule has 4 rings (SSSR count). The van der Waals surface area contributed by atoms with Gasteiger partial charge >= 0.3 is 0 Å². The quantitative estimate of drug-likeness (QED) is 0.785. The molecule has 4 heteroatoms. The molecule has 4 aliphatic rings. The molecule has 1 heterocycles. The van der Waals surface area contributed by atoms with Crippen LogP contribution in [0.15, 0.2) is 0 Å². The van der Waals surface area contributed by atoms with Crippen LogP contribution in [0.1, 0.15) is 51.4 Å². The van der Waals surface area contributed by atoms with E-state index in [9.17, 15) is 9.50 Å². The zero-order valence-corrected chi connectivity index (χ0v) is 13.3. The second-order valence-corrected chi connectivity index (χ2v) is 9.07. The summed E-state index contributed by atoms with van der Waals surface area (Å²) < 4.78 is 29.4. The summed E-state index contributed by atoms with van der Waals surface area (Å²) in [6.45, 7) is 0. The molecule has 4 fully saturated rings. The van der Waals surface area contributed by atoms with E-state index in [0.717, 1.165) is 19.3 Å². The van der Waals surface area contributed by atoms with Gasteiger partial charge in [0.05, 0.1) is 6.10 Å². The molecular weight excluding hydrogens is 290 g/mol. The lowest BCUT2D eigenvalue weighted by Crippen LogP contribution is -2.43. The topological polar surface area (TPSA) is 20.2 Å². The summed E-state index contributed by atoms with van der Waals surface area (Å²) in [5, 5.41) is 9.62. The van der Waals surface area contributed by atoms with Crippen molar-refractivity contribution in [3.05, 3.63) is 0 Å². The Morgan fingerprint density at radius 3 is 2.00 bits per heavy atom. The second-order valence-electron chi connectivity index (χ2n) is 7.71. The number of halogens is 2. The molecule has 0 aromatic heterocycles. The third-order valence-corrected chi connectivity index (χ3v) is 8.59. The predicted octanol–water partition coefficient (Wildman–Crippen LogP) is 4.13. The van der Waals surface area contributed by atoms with Crippen molar-refractivity contribution < 1.29 is 13.9 Å². The number of hydrogen-bond donors (Lipinski definition) is 1. The first-order valence-corrected chi connectivity index (χ1v) is 9.73. The van der Waals surface area contributed by atoms with Crippen LogP contribution in [0.3, 0.4) is 0 Å². The highest BCUT2D eigenvalue weighted by Gasteiger charge is 2.56. The van der Waals surface area contributed by atoms with Gasteiger partial charge in [-0.05, 0) is 49.4 Å². The Kier molecular flexibility index (Phi) is 3.98. The van der Waals surface area contributed by atoms with Gasteiger partial charge in [-0.25, -0.2) is 8.78 Å². The lowest BCUT2D eigenvalue weighted by atomic mass is 9.67. The molecule has 3 aliphatic carbocycles. The standard InChI is InChI=1S/C17H26F2OS/c18-14-10(9-3-1-2-4-9)5-6-11-12-7-8-13(20)15(19)17(12)21-16(11)14/h9-17,20H,1-8H2. The SMILES string of the molecule is OC1CCC2C3CCC(C4CCCC4)C(F)C3SC2C1F. The van der Waals surface area contributed by atoms with E-state index in [4.69, 9.17) is 0 Å². The van der Waals surface area contributed by atoms with E-state index in [1.54, 1.807) is 11.8 Å². The Morgan fingerprint density at radius 1 is 0.714 bits per heavy atom. The number of rotatable bonds is 1. The number of aliphatic hydroxyl groups is 1. The fourth-order valence-corrected chi connectivity index (χ4v) is 7.79. The maximum atomic E-state index is 15.1. The fraction of sp³-hybridized carbons (Fsp3) is 1.00. The van der Waals surface area contributed by atoms with Crippen LogP contribution in [0, 0.1) is 23.7 Å². The third-order valence-electron chi connectivity index (χ3n) is 6.75. The van der Waals surface area contributed by atoms with Crippen molar-refractivity contribution in [3.63, 3.8) is 0 Å². The molecule has 8 unspecified atom stereocenters. The van der Waals surface area contributed by atoms with Crippen LogP contribution in [0.25, 0.3) is 0 Å². The van der Waals surface area contributed by atoms with Crippen LogP contribution < -0.4 is 0 Å². The van der Waals surface area contributed by atoms with Gasteiger partial charge in [-0.3, -0.25) is 0 Å². The number of aliphatic hydroxyl groups excluding tert-OH is 1. The number of thioether (sulfide) groups is 1. The molecule has 1 aliphatic heterocycles. The van der Waals surface area contributed by atoms with E-state index < -0.39 is 18.4 Å². The molecule has 0 radical (unpaired) electrons. The number of fused-ring (bicyclic) bond motifs is 3. The van der Waals surface area contributed by atoms with Gasteiger partial charge in [0.15, 0.2) is 0 Å². The average molecular weight is 316 g/mol. The van der Waals surface area contributed by atoms with Crippen LogP contribution in [-0.2, 0) is 0 Å². The zero-order chi connectivity index (χ0) is 14.6. The molecule has 0 amide bonds. The average Bonchev–Trinajstić information content (AvgIpc) is 3.11. The first-order valence-electron chi connectivity index (χ1n) is 8.78. The molecule has 120 valence electrons. The smallest absolute Gasteiger partial charge is 0.138 e. The maximum absolute atomic E-state index is 15.1. The van der Waals surface area contributed by atoms with E-state index >= 15 is 4.39 Å². The van der Waals surface area contributed by atoms with E-state index in [-0.39, 0.29) is 16.4 Å². The van der Waals surface area contributed by atoms with Gasteiger partial charge in [0.1, 0.15) is 12.3 Å². The largest absolute Gasteiger partial charge is 0.390 e. The van der Waals surface area contributed by atoms with Gasteiger partial charge in [-0.2, -0.15) is 0 Å². The molecular formula is C17H26F2OS. The highest BCUT2D eigenvalue weighted by atomic mass is 32.2. The monoisotopic (exact) mass is 316 g/mol. The Hall–Kier alpha value is 0.170. The van der Waals surface area contributed by atoms with Crippen molar-refractivity contribution in [2.45, 2.75) is 80.3 Å². The van der Waals surface area contributed by atoms with Crippen LogP contribution in [0.4, 0.5) is 8.78 Å². The molecule has 0 spiro atoms. The van der Waals surface area contributed by atoms with Crippen LogP contribution in [0.5, 0.6) is 0 Å². The van der Waals surface area contributed by atoms with Crippen LogP contribution in [0.2, 0.25) is 0 Å². The molecule has 3 saturated carbocycles. The molecule has 0 aromatic rings. The minimum Gasteiger partial charge on any atom is -0.390 e. The molecule has 1 N–H and O–H groups in total. The van der Waals surface area contributed by atoms with E-state index in [1.165, 1.54) is 25.7 Å². The zero-order valence-electron chi connectivity index (χ0n) is 12.5. The second kappa shape index (κ2) is 5.67. The molecule has 0 aromatic carbocycles. The molecule has 8 atom stereocenters. The van der Waals surface area contributed by atoms with Crippen molar-refractivity contribution in [2.75, 3.05) is 0 Å². The number of alkyl halides is 2. The van der Waals surface area contributed by atoms with Crippen LogP contribution in [-0.4, -0.2) is 34.1 Å². The summed E-state index contributed by atoms with van der Waals surface area (Å²) in [4.78, 5) is 0. The summed E-state index contributed by atoms with van der Waals surface area (Å²) in [6, 6.07) is 0. The summed E-state index contributed by atoms with van der Waals surface area (Å²) in [5.74, 6) is 1.47. The maximum Gasteiger partial charge on any atom is 0.138 e. The summed E-state index contributed by atoms with van der Waals surface area (Å²) in [7, 11) is 0. The van der Waals surface area contributed by atoms with E-state index in [1.807, 2.05) is 0 Å². The number of hydrogen-bond acceptors (Lipinski definition) is 2. The molecule has 0 bridgehead atoms. The Balaban J connectivity index is 1.51. The lowest BCUT2D eigenvalue weighted by molar-refractivity contribution is 0.00972. The third kappa shape index (κ3) is 2.36. The fourth-order valence-electron chi connectivity index (χ4n) is 5.66. The summed E-state index contributed by atoms with van der Waals surface area (Å²) >= 11 is 1.55. The van der Waals surface area contributed by atoms with Gasteiger partial charge < -0.3 is 5.11 Å². The van der Waals surface area contributed by atoms with Gasteiger partial charge in [-0.1, -0.05) is 25.7 Å². The van der Waals surface area contributed by atoms with Crippen molar-refractivity contribution in [3.8, 4) is 0 Å².